The molecule has 2 aromatic rings. The Bertz CT molecular complexity index is 1300. The molecule has 1 saturated carbocycles. The fourth-order valence-corrected chi connectivity index (χ4v) is 6.55. The first kappa shape index (κ1) is 32.6. The van der Waals surface area contributed by atoms with Crippen LogP contribution in [0, 0.1) is 0 Å². The standard InChI is InChI=1S/C28H35ClN4O9S/c1-15(34)30-24-26(41-18(4)37)25(40-17(3)36)22(13-38-16(2)35)42-27(24)43-28-32-31-23(33(28)20-7-5-6-8-20)14-39-21-11-9-19(29)10-12-21/h9-12,20,22,24-27H,5-8,13-14H2,1-4H3,(H,30,34)/t22-,24-,25+,26+,27+/m0/s1. The van der Waals surface area contributed by atoms with Gasteiger partial charge in [0.1, 0.15) is 36.5 Å². The Kier molecular flexibility index (Phi) is 11.3. The van der Waals surface area contributed by atoms with Crippen molar-refractivity contribution in [3.63, 3.8) is 0 Å². The highest BCUT2D eigenvalue weighted by atomic mass is 35.5. The third-order valence-electron chi connectivity index (χ3n) is 6.90. The predicted molar refractivity (Wildman–Crippen MR) is 153 cm³/mol. The number of hydrogen-bond acceptors (Lipinski definition) is 12. The molecule has 2 aliphatic rings. The summed E-state index contributed by atoms with van der Waals surface area (Å²) in [4.78, 5) is 48.2. The van der Waals surface area contributed by atoms with E-state index < -0.39 is 53.6 Å². The van der Waals surface area contributed by atoms with Crippen molar-refractivity contribution in [2.45, 2.75) is 101 Å². The van der Waals surface area contributed by atoms with Gasteiger partial charge in [-0.2, -0.15) is 0 Å². The Morgan fingerprint density at radius 1 is 0.977 bits per heavy atom. The molecule has 1 N–H and O–H groups in total. The number of thioether (sulfide) groups is 1. The molecule has 15 heteroatoms. The highest BCUT2D eigenvalue weighted by Gasteiger charge is 2.51. The summed E-state index contributed by atoms with van der Waals surface area (Å²) in [6.07, 6.45) is 0.567. The van der Waals surface area contributed by atoms with Gasteiger partial charge in [-0.25, -0.2) is 0 Å². The number of ether oxygens (including phenoxy) is 5. The van der Waals surface area contributed by atoms with Gasteiger partial charge in [0.05, 0.1) is 0 Å². The number of carbonyl (C=O) groups excluding carboxylic acids is 4. The van der Waals surface area contributed by atoms with Crippen molar-refractivity contribution in [2.75, 3.05) is 6.61 Å². The molecule has 1 aliphatic heterocycles. The number of hydrogen-bond donors (Lipinski definition) is 1. The van der Waals surface area contributed by atoms with Crippen molar-refractivity contribution in [3.05, 3.63) is 35.1 Å². The van der Waals surface area contributed by atoms with Crippen molar-refractivity contribution in [1.29, 1.82) is 0 Å². The maximum atomic E-state index is 12.3. The second-order valence-electron chi connectivity index (χ2n) is 10.3. The Morgan fingerprint density at radius 2 is 1.63 bits per heavy atom. The van der Waals surface area contributed by atoms with E-state index in [1.807, 2.05) is 4.57 Å². The number of halogens is 1. The number of aromatic nitrogens is 3. The summed E-state index contributed by atoms with van der Waals surface area (Å²) < 4.78 is 30.6. The Labute approximate surface area is 258 Å². The van der Waals surface area contributed by atoms with Crippen LogP contribution in [0.3, 0.4) is 0 Å². The van der Waals surface area contributed by atoms with Crippen LogP contribution in [-0.4, -0.2) is 75.0 Å². The molecule has 0 bridgehead atoms. The maximum absolute atomic E-state index is 12.3. The van der Waals surface area contributed by atoms with Gasteiger partial charge in [-0.1, -0.05) is 36.2 Å². The van der Waals surface area contributed by atoms with Crippen LogP contribution in [0.2, 0.25) is 5.02 Å². The number of carbonyl (C=O) groups is 4. The minimum atomic E-state index is -1.18. The van der Waals surface area contributed by atoms with Gasteiger partial charge in [-0.15, -0.1) is 10.2 Å². The highest BCUT2D eigenvalue weighted by molar-refractivity contribution is 7.99. The normalized spacial score (nSPS) is 23.8. The molecule has 5 atom stereocenters. The molecule has 2 heterocycles. The van der Waals surface area contributed by atoms with Crippen molar-refractivity contribution < 1.29 is 42.9 Å². The first-order valence-corrected chi connectivity index (χ1v) is 15.2. The van der Waals surface area contributed by atoms with Gasteiger partial charge in [0.25, 0.3) is 0 Å². The summed E-state index contributed by atoms with van der Waals surface area (Å²) in [5.41, 5.74) is -0.907. The van der Waals surface area contributed by atoms with Gasteiger partial charge in [0, 0.05) is 38.8 Å². The van der Waals surface area contributed by atoms with Crippen LogP contribution in [0.5, 0.6) is 5.75 Å². The minimum absolute atomic E-state index is 0.110. The Morgan fingerprint density at radius 3 is 2.23 bits per heavy atom. The summed E-state index contributed by atoms with van der Waals surface area (Å²) in [5, 5.41) is 12.8. The molecule has 43 heavy (non-hydrogen) atoms. The van der Waals surface area contributed by atoms with E-state index >= 15 is 0 Å². The molecule has 1 amide bonds. The molecular formula is C28H35ClN4O9S. The molecule has 13 nitrogen and oxygen atoms in total. The van der Waals surface area contributed by atoms with Gasteiger partial charge in [0.15, 0.2) is 23.2 Å². The quantitative estimate of drug-likeness (QED) is 0.283. The number of nitrogens with zero attached hydrogens (tertiary/aromatic N) is 3. The van der Waals surface area contributed by atoms with Crippen LogP contribution in [-0.2, 0) is 44.7 Å². The lowest BCUT2D eigenvalue weighted by atomic mass is 9.97. The topological polar surface area (TPSA) is 157 Å². The molecule has 4 rings (SSSR count). The van der Waals surface area contributed by atoms with E-state index in [9.17, 15) is 19.2 Å². The number of benzene rings is 1. The first-order chi connectivity index (χ1) is 20.5. The lowest BCUT2D eigenvalue weighted by molar-refractivity contribution is -0.211. The average Bonchev–Trinajstić information content (AvgIpc) is 3.59. The van der Waals surface area contributed by atoms with E-state index in [-0.39, 0.29) is 19.3 Å². The average molecular weight is 639 g/mol. The monoisotopic (exact) mass is 638 g/mol. The van der Waals surface area contributed by atoms with Gasteiger partial charge in [-0.3, -0.25) is 23.7 Å². The molecule has 1 aliphatic carbocycles. The largest absolute Gasteiger partial charge is 0.486 e. The number of amides is 1. The third-order valence-corrected chi connectivity index (χ3v) is 8.28. The zero-order valence-electron chi connectivity index (χ0n) is 24.3. The summed E-state index contributed by atoms with van der Waals surface area (Å²) >= 11 is 7.17. The summed E-state index contributed by atoms with van der Waals surface area (Å²) in [6.45, 7) is 4.80. The van der Waals surface area contributed by atoms with Crippen LogP contribution in [0.4, 0.5) is 0 Å². The van der Waals surface area contributed by atoms with Gasteiger partial charge in [-0.05, 0) is 37.1 Å². The zero-order valence-corrected chi connectivity index (χ0v) is 25.9. The van der Waals surface area contributed by atoms with Gasteiger partial charge in [0.2, 0.25) is 5.91 Å². The summed E-state index contributed by atoms with van der Waals surface area (Å²) in [6, 6.07) is 6.14. The van der Waals surface area contributed by atoms with E-state index in [4.69, 9.17) is 35.3 Å². The maximum Gasteiger partial charge on any atom is 0.303 e. The summed E-state index contributed by atoms with van der Waals surface area (Å²) in [7, 11) is 0. The van der Waals surface area contributed by atoms with Crippen molar-refractivity contribution >= 4 is 47.2 Å². The van der Waals surface area contributed by atoms with E-state index in [2.05, 4.69) is 15.5 Å². The zero-order chi connectivity index (χ0) is 31.1. The number of rotatable bonds is 11. The lowest BCUT2D eigenvalue weighted by Gasteiger charge is -2.44. The Balaban J connectivity index is 1.68. The third kappa shape index (κ3) is 8.83. The van der Waals surface area contributed by atoms with E-state index in [0.29, 0.717) is 21.8 Å². The van der Waals surface area contributed by atoms with E-state index in [0.717, 1.165) is 25.7 Å². The van der Waals surface area contributed by atoms with Crippen LogP contribution in [0.15, 0.2) is 29.4 Å². The van der Waals surface area contributed by atoms with Crippen molar-refractivity contribution in [1.82, 2.24) is 20.1 Å². The van der Waals surface area contributed by atoms with Crippen LogP contribution < -0.4 is 10.1 Å². The summed E-state index contributed by atoms with van der Waals surface area (Å²) in [5.74, 6) is -1.11. The molecule has 234 valence electrons. The van der Waals surface area contributed by atoms with Gasteiger partial charge >= 0.3 is 17.9 Å². The number of esters is 3. The molecule has 2 fully saturated rings. The smallest absolute Gasteiger partial charge is 0.303 e. The fraction of sp³-hybridized carbons (Fsp3) is 0.571. The molecule has 1 aromatic carbocycles. The van der Waals surface area contributed by atoms with Crippen molar-refractivity contribution in [2.24, 2.45) is 0 Å². The second kappa shape index (κ2) is 14.9. The number of nitrogens with one attached hydrogen (secondary N) is 1. The molecule has 1 aromatic heterocycles. The first-order valence-electron chi connectivity index (χ1n) is 13.9. The molecular weight excluding hydrogens is 604 g/mol. The molecule has 0 radical (unpaired) electrons. The van der Waals surface area contributed by atoms with E-state index in [1.165, 1.54) is 39.5 Å². The second-order valence-corrected chi connectivity index (χ2v) is 11.8. The Hall–Kier alpha value is -3.36. The highest BCUT2D eigenvalue weighted by Crippen LogP contribution is 2.39. The fourth-order valence-electron chi connectivity index (χ4n) is 5.19. The SMILES string of the molecule is CC(=O)N[C@H]1[C@@H](OC(C)=O)[C@H](OC(C)=O)[C@H](COC(C)=O)O[C@@H]1Sc1nnc(COc2ccc(Cl)cc2)n1C1CCCC1. The van der Waals surface area contributed by atoms with Crippen LogP contribution in [0.1, 0.15) is 65.2 Å². The van der Waals surface area contributed by atoms with Crippen LogP contribution in [0.25, 0.3) is 0 Å². The van der Waals surface area contributed by atoms with Gasteiger partial charge < -0.3 is 29.0 Å². The van der Waals surface area contributed by atoms with Crippen molar-refractivity contribution in [3.8, 4) is 5.75 Å². The molecule has 0 spiro atoms. The predicted octanol–water partition coefficient (Wildman–Crippen LogP) is 3.37. The molecule has 1 saturated heterocycles. The lowest BCUT2D eigenvalue weighted by Crippen LogP contribution is -2.65. The van der Waals surface area contributed by atoms with E-state index in [1.54, 1.807) is 24.3 Å². The minimum Gasteiger partial charge on any atom is -0.486 e. The molecule has 0 unspecified atom stereocenters. The van der Waals surface area contributed by atoms with Crippen LogP contribution >= 0.6 is 23.4 Å².